The van der Waals surface area contributed by atoms with Gasteiger partial charge in [0.05, 0.1) is 18.4 Å². The summed E-state index contributed by atoms with van der Waals surface area (Å²) in [4.78, 5) is 22.9. The van der Waals surface area contributed by atoms with Crippen molar-refractivity contribution in [2.75, 3.05) is 6.61 Å². The second-order valence-corrected chi connectivity index (χ2v) is 8.25. The van der Waals surface area contributed by atoms with E-state index < -0.39 is 17.8 Å². The number of aliphatic carboxylic acids is 1. The van der Waals surface area contributed by atoms with Gasteiger partial charge in [-0.1, -0.05) is 13.8 Å². The quantitative estimate of drug-likeness (QED) is 0.763. The lowest BCUT2D eigenvalue weighted by atomic mass is 9.49. The molecule has 0 spiro atoms. The fraction of sp³-hybridized carbons (Fsp3) is 0.889. The first-order valence-electron chi connectivity index (χ1n) is 8.78. The molecule has 0 aromatic carbocycles. The van der Waals surface area contributed by atoms with E-state index in [0.717, 1.165) is 24.2 Å². The molecule has 0 aromatic rings. The highest BCUT2D eigenvalue weighted by Crippen LogP contribution is 2.61. The van der Waals surface area contributed by atoms with Crippen molar-refractivity contribution in [1.82, 2.24) is 0 Å². The first-order chi connectivity index (χ1) is 10.4. The molecule has 4 nitrogen and oxygen atoms in total. The minimum absolute atomic E-state index is 0.361. The van der Waals surface area contributed by atoms with Gasteiger partial charge in [-0.25, -0.2) is 0 Å². The monoisotopic (exact) mass is 308 g/mol. The van der Waals surface area contributed by atoms with Crippen LogP contribution in [-0.2, 0) is 14.3 Å². The first kappa shape index (κ1) is 15.8. The van der Waals surface area contributed by atoms with Crippen LogP contribution < -0.4 is 0 Å². The summed E-state index contributed by atoms with van der Waals surface area (Å²) in [7, 11) is 0. The van der Waals surface area contributed by atoms with Crippen LogP contribution in [0.3, 0.4) is 0 Å². The Hall–Kier alpha value is -1.06. The number of hydrogen-bond acceptors (Lipinski definition) is 3. The van der Waals surface area contributed by atoms with Gasteiger partial charge in [0.2, 0.25) is 0 Å². The Morgan fingerprint density at radius 2 is 1.55 bits per heavy atom. The van der Waals surface area contributed by atoms with Crippen molar-refractivity contribution in [3.63, 3.8) is 0 Å². The molecule has 2 atom stereocenters. The number of carboxylic acid groups (broad SMARTS) is 1. The molecule has 2 unspecified atom stereocenters. The third kappa shape index (κ3) is 3.02. The van der Waals surface area contributed by atoms with Crippen molar-refractivity contribution in [2.45, 2.75) is 58.8 Å². The van der Waals surface area contributed by atoms with Crippen LogP contribution in [0.4, 0.5) is 0 Å². The minimum Gasteiger partial charge on any atom is -0.481 e. The lowest BCUT2D eigenvalue weighted by molar-refractivity contribution is -0.158. The third-order valence-electron chi connectivity index (χ3n) is 6.55. The summed E-state index contributed by atoms with van der Waals surface area (Å²) >= 11 is 0. The second kappa shape index (κ2) is 5.86. The summed E-state index contributed by atoms with van der Waals surface area (Å²) in [5, 5.41) is 8.97. The molecule has 0 radical (unpaired) electrons. The highest BCUT2D eigenvalue weighted by Gasteiger charge is 2.50. The maximum atomic E-state index is 12.0. The number of carbonyl (C=O) groups is 2. The molecule has 22 heavy (non-hydrogen) atoms. The first-order valence-corrected chi connectivity index (χ1v) is 8.78. The normalized spacial score (nSPS) is 38.5. The van der Waals surface area contributed by atoms with Crippen LogP contribution in [0, 0.1) is 35.0 Å². The molecular formula is C18H28O4. The molecule has 0 amide bonds. The average Bonchev–Trinajstić information content (AvgIpc) is 2.43. The van der Waals surface area contributed by atoms with Gasteiger partial charge in [0.25, 0.3) is 0 Å². The summed E-state index contributed by atoms with van der Waals surface area (Å²) in [5.74, 6) is 0.166. The standard InChI is InChI=1S/C18H28O4/c1-11(16(19)20)12(2)17(21)22-4-3-18-8-13-5-14(9-18)7-15(6-13)10-18/h11-15H,3-10H2,1-2H3,(H,19,20). The Balaban J connectivity index is 1.49. The zero-order valence-corrected chi connectivity index (χ0v) is 13.7. The zero-order chi connectivity index (χ0) is 15.9. The predicted molar refractivity (Wildman–Crippen MR) is 82.1 cm³/mol. The molecule has 4 fully saturated rings. The highest BCUT2D eigenvalue weighted by atomic mass is 16.5. The number of rotatable bonds is 6. The van der Waals surface area contributed by atoms with Crippen molar-refractivity contribution in [3.8, 4) is 0 Å². The molecule has 4 rings (SSSR count). The minimum atomic E-state index is -0.939. The van der Waals surface area contributed by atoms with Gasteiger partial charge in [-0.2, -0.15) is 0 Å². The van der Waals surface area contributed by atoms with Crippen molar-refractivity contribution in [2.24, 2.45) is 35.0 Å². The van der Waals surface area contributed by atoms with Gasteiger partial charge < -0.3 is 9.84 Å². The van der Waals surface area contributed by atoms with E-state index in [0.29, 0.717) is 12.0 Å². The largest absolute Gasteiger partial charge is 0.481 e. The van der Waals surface area contributed by atoms with Crippen LogP contribution >= 0.6 is 0 Å². The number of carboxylic acids is 1. The third-order valence-corrected chi connectivity index (χ3v) is 6.55. The maximum Gasteiger partial charge on any atom is 0.309 e. The lowest BCUT2D eigenvalue weighted by Crippen LogP contribution is -2.46. The van der Waals surface area contributed by atoms with Gasteiger partial charge in [0.1, 0.15) is 0 Å². The smallest absolute Gasteiger partial charge is 0.309 e. The molecule has 0 heterocycles. The Morgan fingerprint density at radius 3 is 2.00 bits per heavy atom. The van der Waals surface area contributed by atoms with E-state index in [9.17, 15) is 9.59 Å². The molecule has 4 saturated carbocycles. The summed E-state index contributed by atoms with van der Waals surface area (Å²) in [6.07, 6.45) is 9.19. The molecule has 4 heteroatoms. The van der Waals surface area contributed by atoms with Crippen LogP contribution in [-0.4, -0.2) is 23.7 Å². The number of hydrogen-bond donors (Lipinski definition) is 1. The van der Waals surface area contributed by atoms with Crippen molar-refractivity contribution < 1.29 is 19.4 Å². The fourth-order valence-electron chi connectivity index (χ4n) is 5.51. The summed E-state index contributed by atoms with van der Waals surface area (Å²) in [6.45, 7) is 3.67. The topological polar surface area (TPSA) is 63.6 Å². The molecule has 0 aromatic heterocycles. The molecule has 4 bridgehead atoms. The summed E-state index contributed by atoms with van der Waals surface area (Å²) < 4.78 is 5.41. The van der Waals surface area contributed by atoms with E-state index in [1.807, 2.05) is 0 Å². The van der Waals surface area contributed by atoms with Crippen molar-refractivity contribution >= 4 is 11.9 Å². The average molecular weight is 308 g/mol. The van der Waals surface area contributed by atoms with Gasteiger partial charge in [0, 0.05) is 0 Å². The van der Waals surface area contributed by atoms with Crippen LogP contribution in [0.15, 0.2) is 0 Å². The van der Waals surface area contributed by atoms with Crippen LogP contribution in [0.2, 0.25) is 0 Å². The van der Waals surface area contributed by atoms with E-state index in [1.54, 1.807) is 13.8 Å². The summed E-state index contributed by atoms with van der Waals surface area (Å²) in [6, 6.07) is 0. The Kier molecular flexibility index (Phi) is 4.21. The molecule has 0 aliphatic heterocycles. The van der Waals surface area contributed by atoms with Gasteiger partial charge >= 0.3 is 11.9 Å². The molecule has 124 valence electrons. The number of esters is 1. The van der Waals surface area contributed by atoms with E-state index >= 15 is 0 Å². The van der Waals surface area contributed by atoms with E-state index in [4.69, 9.17) is 9.84 Å². The van der Waals surface area contributed by atoms with Gasteiger partial charge in [-0.3, -0.25) is 9.59 Å². The van der Waals surface area contributed by atoms with E-state index in [-0.39, 0.29) is 5.97 Å². The van der Waals surface area contributed by atoms with Gasteiger partial charge in [0.15, 0.2) is 0 Å². The van der Waals surface area contributed by atoms with Crippen LogP contribution in [0.5, 0.6) is 0 Å². The van der Waals surface area contributed by atoms with Crippen molar-refractivity contribution in [3.05, 3.63) is 0 Å². The highest BCUT2D eigenvalue weighted by molar-refractivity contribution is 5.80. The van der Waals surface area contributed by atoms with Gasteiger partial charge in [-0.05, 0) is 68.1 Å². The number of carbonyl (C=O) groups excluding carboxylic acids is 1. The maximum absolute atomic E-state index is 12.0. The SMILES string of the molecule is CC(C(=O)O)C(C)C(=O)OCCC12CC3CC(CC(C3)C1)C2. The predicted octanol–water partition coefficient (Wildman–Crippen LogP) is 3.49. The zero-order valence-electron chi connectivity index (χ0n) is 13.7. The lowest BCUT2D eigenvalue weighted by Gasteiger charge is -2.57. The van der Waals surface area contributed by atoms with E-state index in [2.05, 4.69) is 0 Å². The molecular weight excluding hydrogens is 280 g/mol. The number of ether oxygens (including phenoxy) is 1. The van der Waals surface area contributed by atoms with E-state index in [1.165, 1.54) is 38.5 Å². The Bertz CT molecular complexity index is 421. The summed E-state index contributed by atoms with van der Waals surface area (Å²) in [5.41, 5.74) is 0.413. The molecule has 1 N–H and O–H groups in total. The Labute approximate surface area is 132 Å². The molecule has 4 aliphatic carbocycles. The van der Waals surface area contributed by atoms with Crippen LogP contribution in [0.25, 0.3) is 0 Å². The fourth-order valence-corrected chi connectivity index (χ4v) is 5.51. The van der Waals surface area contributed by atoms with Crippen molar-refractivity contribution in [1.29, 1.82) is 0 Å². The molecule has 4 aliphatic rings. The van der Waals surface area contributed by atoms with Gasteiger partial charge in [-0.15, -0.1) is 0 Å². The second-order valence-electron chi connectivity index (χ2n) is 8.25. The molecule has 0 saturated heterocycles. The Morgan fingerprint density at radius 1 is 1.05 bits per heavy atom. The van der Waals surface area contributed by atoms with Crippen LogP contribution in [0.1, 0.15) is 58.8 Å².